The third-order valence-corrected chi connectivity index (χ3v) is 3.86. The van der Waals surface area contributed by atoms with Gasteiger partial charge in [-0.1, -0.05) is 0 Å². The van der Waals surface area contributed by atoms with Crippen LogP contribution in [0.25, 0.3) is 0 Å². The van der Waals surface area contributed by atoms with E-state index in [4.69, 9.17) is 18.9 Å². The van der Waals surface area contributed by atoms with E-state index >= 15 is 0 Å². The zero-order valence-electron chi connectivity index (χ0n) is 15.5. The van der Waals surface area contributed by atoms with E-state index in [2.05, 4.69) is 24.1 Å². The molecule has 2 heterocycles. The van der Waals surface area contributed by atoms with Crippen molar-refractivity contribution in [1.82, 2.24) is 10.2 Å². The smallest absolute Gasteiger partial charge is 0.407 e. The molecule has 0 aliphatic carbocycles. The number of rotatable bonds is 5. The van der Waals surface area contributed by atoms with Crippen molar-refractivity contribution in [3.63, 3.8) is 0 Å². The summed E-state index contributed by atoms with van der Waals surface area (Å²) in [7, 11) is 0. The number of morpholine rings is 1. The zero-order valence-corrected chi connectivity index (χ0v) is 15.5. The van der Waals surface area contributed by atoms with Gasteiger partial charge in [-0.25, -0.2) is 4.79 Å². The summed E-state index contributed by atoms with van der Waals surface area (Å²) in [6, 6.07) is -0.0968. The molecule has 140 valence electrons. The van der Waals surface area contributed by atoms with Crippen molar-refractivity contribution < 1.29 is 23.7 Å². The SMILES string of the molecule is C[C@@H]1CN(CC(CC2OCCO2)NC(=O)OC(C)(C)C)C[C@H](C)O1. The molecule has 3 atom stereocenters. The Morgan fingerprint density at radius 2 is 1.79 bits per heavy atom. The molecule has 0 spiro atoms. The highest BCUT2D eigenvalue weighted by molar-refractivity contribution is 5.68. The second-order valence-corrected chi connectivity index (χ2v) is 7.73. The molecule has 7 heteroatoms. The number of carbonyl (C=O) groups excluding carboxylic acids is 1. The maximum Gasteiger partial charge on any atom is 0.407 e. The van der Waals surface area contributed by atoms with Crippen molar-refractivity contribution in [1.29, 1.82) is 0 Å². The van der Waals surface area contributed by atoms with E-state index in [1.54, 1.807) is 0 Å². The lowest BCUT2D eigenvalue weighted by Crippen LogP contribution is -2.52. The fraction of sp³-hybridized carbons (Fsp3) is 0.941. The largest absolute Gasteiger partial charge is 0.444 e. The van der Waals surface area contributed by atoms with Crippen LogP contribution in [0.1, 0.15) is 41.0 Å². The summed E-state index contributed by atoms with van der Waals surface area (Å²) in [5, 5.41) is 2.97. The number of hydrogen-bond donors (Lipinski definition) is 1. The van der Waals surface area contributed by atoms with Crippen LogP contribution in [0.3, 0.4) is 0 Å². The van der Waals surface area contributed by atoms with E-state index in [0.717, 1.165) is 19.6 Å². The Balaban J connectivity index is 1.92. The van der Waals surface area contributed by atoms with E-state index in [9.17, 15) is 4.79 Å². The van der Waals surface area contributed by atoms with Gasteiger partial charge in [0.05, 0.1) is 25.4 Å². The Morgan fingerprint density at radius 3 is 2.33 bits per heavy atom. The molecule has 2 rings (SSSR count). The van der Waals surface area contributed by atoms with Gasteiger partial charge in [0, 0.05) is 32.1 Å². The van der Waals surface area contributed by atoms with Crippen molar-refractivity contribution in [2.45, 2.75) is 71.2 Å². The number of carbonyl (C=O) groups is 1. The van der Waals surface area contributed by atoms with Crippen LogP contribution in [-0.2, 0) is 18.9 Å². The molecule has 0 bridgehead atoms. The molecular weight excluding hydrogens is 312 g/mol. The normalized spacial score (nSPS) is 27.9. The van der Waals surface area contributed by atoms with Crippen molar-refractivity contribution in [3.05, 3.63) is 0 Å². The Bertz CT molecular complexity index is 396. The summed E-state index contributed by atoms with van der Waals surface area (Å²) in [6.45, 7) is 13.4. The van der Waals surface area contributed by atoms with Gasteiger partial charge in [0.15, 0.2) is 6.29 Å². The van der Waals surface area contributed by atoms with Gasteiger partial charge in [0.1, 0.15) is 5.60 Å². The molecule has 2 aliphatic heterocycles. The van der Waals surface area contributed by atoms with E-state index < -0.39 is 11.7 Å². The lowest BCUT2D eigenvalue weighted by molar-refractivity contribution is -0.0782. The standard InChI is InChI=1S/C17H32N2O5/c1-12-9-19(10-13(2)23-12)11-14(8-15-21-6-7-22-15)18-16(20)24-17(3,4)5/h12-15H,6-11H2,1-5H3,(H,18,20)/t12-,13+,14?. The van der Waals surface area contributed by atoms with Gasteiger partial charge in [0.25, 0.3) is 0 Å². The highest BCUT2D eigenvalue weighted by Gasteiger charge is 2.29. The first kappa shape index (κ1) is 19.4. The Hall–Kier alpha value is -0.890. The summed E-state index contributed by atoms with van der Waals surface area (Å²) in [4.78, 5) is 14.5. The summed E-state index contributed by atoms with van der Waals surface area (Å²) in [6.07, 6.45) is 0.324. The summed E-state index contributed by atoms with van der Waals surface area (Å²) < 4.78 is 22.2. The third kappa shape index (κ3) is 6.93. The Kier molecular flexibility index (Phi) is 6.86. The molecule has 1 unspecified atom stereocenters. The van der Waals surface area contributed by atoms with Crippen LogP contribution in [0.15, 0.2) is 0 Å². The van der Waals surface area contributed by atoms with Crippen molar-refractivity contribution in [2.75, 3.05) is 32.8 Å². The van der Waals surface area contributed by atoms with E-state index in [1.165, 1.54) is 0 Å². The lowest BCUT2D eigenvalue weighted by atomic mass is 10.1. The molecule has 0 aromatic rings. The quantitative estimate of drug-likeness (QED) is 0.819. The molecule has 7 nitrogen and oxygen atoms in total. The molecular formula is C17H32N2O5. The van der Waals surface area contributed by atoms with Crippen LogP contribution in [-0.4, -0.2) is 74.0 Å². The molecule has 1 amide bonds. The van der Waals surface area contributed by atoms with Crippen LogP contribution < -0.4 is 5.32 Å². The van der Waals surface area contributed by atoms with E-state index in [-0.39, 0.29) is 24.5 Å². The molecule has 2 saturated heterocycles. The first-order chi connectivity index (χ1) is 11.2. The van der Waals surface area contributed by atoms with Crippen molar-refractivity contribution in [2.24, 2.45) is 0 Å². The van der Waals surface area contributed by atoms with Gasteiger partial charge in [-0.3, -0.25) is 4.90 Å². The summed E-state index contributed by atoms with van der Waals surface area (Å²) >= 11 is 0. The molecule has 1 N–H and O–H groups in total. The van der Waals surface area contributed by atoms with Crippen LogP contribution in [0, 0.1) is 0 Å². The van der Waals surface area contributed by atoms with Crippen LogP contribution in [0.2, 0.25) is 0 Å². The van der Waals surface area contributed by atoms with Gasteiger partial charge >= 0.3 is 6.09 Å². The van der Waals surface area contributed by atoms with Gasteiger partial charge in [-0.2, -0.15) is 0 Å². The van der Waals surface area contributed by atoms with Crippen LogP contribution >= 0.6 is 0 Å². The number of amides is 1. The second kappa shape index (κ2) is 8.47. The van der Waals surface area contributed by atoms with Crippen molar-refractivity contribution in [3.8, 4) is 0 Å². The minimum atomic E-state index is -0.517. The molecule has 2 fully saturated rings. The fourth-order valence-corrected chi connectivity index (χ4v) is 3.17. The first-order valence-electron chi connectivity index (χ1n) is 8.82. The minimum Gasteiger partial charge on any atom is -0.444 e. The maximum atomic E-state index is 12.2. The van der Waals surface area contributed by atoms with E-state index in [1.807, 2.05) is 20.8 Å². The predicted octanol–water partition coefficient (Wildman–Crippen LogP) is 1.75. The number of nitrogens with zero attached hydrogens (tertiary/aromatic N) is 1. The Morgan fingerprint density at radius 1 is 1.21 bits per heavy atom. The highest BCUT2D eigenvalue weighted by Crippen LogP contribution is 2.16. The topological polar surface area (TPSA) is 69.3 Å². The second-order valence-electron chi connectivity index (χ2n) is 7.73. The Labute approximate surface area is 144 Å². The van der Waals surface area contributed by atoms with Crippen LogP contribution in [0.4, 0.5) is 4.79 Å². The number of hydrogen-bond acceptors (Lipinski definition) is 6. The molecule has 24 heavy (non-hydrogen) atoms. The fourth-order valence-electron chi connectivity index (χ4n) is 3.17. The zero-order chi connectivity index (χ0) is 17.7. The van der Waals surface area contributed by atoms with E-state index in [0.29, 0.717) is 19.6 Å². The monoisotopic (exact) mass is 344 g/mol. The number of nitrogens with one attached hydrogen (secondary N) is 1. The average molecular weight is 344 g/mol. The number of ether oxygens (including phenoxy) is 4. The third-order valence-electron chi connectivity index (χ3n) is 3.86. The average Bonchev–Trinajstić information content (AvgIpc) is 2.87. The van der Waals surface area contributed by atoms with Gasteiger partial charge < -0.3 is 24.3 Å². The molecule has 0 aromatic heterocycles. The maximum absolute atomic E-state index is 12.2. The highest BCUT2D eigenvalue weighted by atomic mass is 16.7. The van der Waals surface area contributed by atoms with Gasteiger partial charge in [0.2, 0.25) is 0 Å². The molecule has 0 aromatic carbocycles. The van der Waals surface area contributed by atoms with Crippen molar-refractivity contribution >= 4 is 6.09 Å². The first-order valence-corrected chi connectivity index (χ1v) is 8.82. The molecule has 2 aliphatic rings. The summed E-state index contributed by atoms with van der Waals surface area (Å²) in [5.41, 5.74) is -0.517. The molecule has 0 radical (unpaired) electrons. The molecule has 0 saturated carbocycles. The number of alkyl carbamates (subject to hydrolysis) is 1. The van der Waals surface area contributed by atoms with Gasteiger partial charge in [-0.15, -0.1) is 0 Å². The van der Waals surface area contributed by atoms with Crippen LogP contribution in [0.5, 0.6) is 0 Å². The lowest BCUT2D eigenvalue weighted by Gasteiger charge is -2.37. The predicted molar refractivity (Wildman–Crippen MR) is 89.9 cm³/mol. The summed E-state index contributed by atoms with van der Waals surface area (Å²) in [5.74, 6) is 0. The van der Waals surface area contributed by atoms with Gasteiger partial charge in [-0.05, 0) is 34.6 Å². The minimum absolute atomic E-state index is 0.0968.